The van der Waals surface area contributed by atoms with E-state index >= 15 is 0 Å². The predicted molar refractivity (Wildman–Crippen MR) is 81.9 cm³/mol. The number of benzene rings is 2. The smallest absolute Gasteiger partial charge is 0.137 e. The molecule has 1 heterocycles. The van der Waals surface area contributed by atoms with E-state index in [0.29, 0.717) is 5.56 Å². The lowest BCUT2D eigenvalue weighted by atomic mass is 10.0. The highest BCUT2D eigenvalue weighted by molar-refractivity contribution is 9.10. The van der Waals surface area contributed by atoms with E-state index in [4.69, 9.17) is 10.00 Å². The highest BCUT2D eigenvalue weighted by atomic mass is 79.9. The van der Waals surface area contributed by atoms with Crippen molar-refractivity contribution in [1.29, 1.82) is 5.26 Å². The van der Waals surface area contributed by atoms with E-state index in [9.17, 15) is 0 Å². The summed E-state index contributed by atoms with van der Waals surface area (Å²) in [4.78, 5) is 0. The number of fused-ring (bicyclic) bond motifs is 1. The van der Waals surface area contributed by atoms with Gasteiger partial charge in [0.1, 0.15) is 11.9 Å². The Bertz CT molecular complexity index is 685. The molecule has 2 nitrogen and oxygen atoms in total. The largest absolute Gasteiger partial charge is 0.488 e. The Morgan fingerprint density at radius 2 is 2.05 bits per heavy atom. The molecule has 2 aromatic carbocycles. The summed E-state index contributed by atoms with van der Waals surface area (Å²) in [5.41, 5.74) is 4.35. The van der Waals surface area contributed by atoms with Crippen LogP contribution in [0.15, 0.2) is 40.9 Å². The fourth-order valence-corrected chi connectivity index (χ4v) is 3.15. The first-order valence-corrected chi connectivity index (χ1v) is 7.40. The first-order valence-electron chi connectivity index (χ1n) is 6.60. The van der Waals surface area contributed by atoms with Crippen LogP contribution in [0.2, 0.25) is 0 Å². The predicted octanol–water partition coefficient (Wildman–Crippen LogP) is 4.18. The van der Waals surface area contributed by atoms with E-state index in [1.807, 2.05) is 12.1 Å². The third-order valence-corrected chi connectivity index (χ3v) is 4.15. The van der Waals surface area contributed by atoms with Crippen molar-refractivity contribution in [2.24, 2.45) is 0 Å². The zero-order valence-electron chi connectivity index (χ0n) is 11.2. The molecule has 20 heavy (non-hydrogen) atoms. The zero-order chi connectivity index (χ0) is 14.1. The van der Waals surface area contributed by atoms with Gasteiger partial charge in [0.2, 0.25) is 0 Å². The maximum atomic E-state index is 9.01. The quantitative estimate of drug-likeness (QED) is 0.829. The number of halogens is 1. The fourth-order valence-electron chi connectivity index (χ4n) is 2.55. The van der Waals surface area contributed by atoms with Gasteiger partial charge in [0, 0.05) is 18.4 Å². The lowest BCUT2D eigenvalue weighted by Gasteiger charge is -2.11. The summed E-state index contributed by atoms with van der Waals surface area (Å²) in [6.45, 7) is 2.09. The van der Waals surface area contributed by atoms with Gasteiger partial charge in [-0.2, -0.15) is 5.26 Å². The third kappa shape index (κ3) is 2.57. The molecule has 0 aromatic heterocycles. The second kappa shape index (κ2) is 5.30. The summed E-state index contributed by atoms with van der Waals surface area (Å²) in [6, 6.07) is 14.5. The Morgan fingerprint density at radius 3 is 2.75 bits per heavy atom. The monoisotopic (exact) mass is 327 g/mol. The topological polar surface area (TPSA) is 33.0 Å². The summed E-state index contributed by atoms with van der Waals surface area (Å²) in [5.74, 6) is 0.890. The molecule has 0 N–H and O–H groups in total. The van der Waals surface area contributed by atoms with Gasteiger partial charge in [-0.25, -0.2) is 0 Å². The molecule has 1 atom stereocenters. The van der Waals surface area contributed by atoms with Crippen LogP contribution in [0.25, 0.3) is 0 Å². The van der Waals surface area contributed by atoms with E-state index < -0.39 is 0 Å². The highest BCUT2D eigenvalue weighted by Gasteiger charge is 2.25. The van der Waals surface area contributed by atoms with Crippen molar-refractivity contribution >= 4 is 15.9 Å². The van der Waals surface area contributed by atoms with Crippen LogP contribution < -0.4 is 4.74 Å². The minimum Gasteiger partial charge on any atom is -0.488 e. The van der Waals surface area contributed by atoms with Crippen molar-refractivity contribution in [1.82, 2.24) is 0 Å². The van der Waals surface area contributed by atoms with Crippen LogP contribution in [-0.4, -0.2) is 6.10 Å². The molecule has 0 bridgehead atoms. The molecule has 0 saturated carbocycles. The highest BCUT2D eigenvalue weighted by Crippen LogP contribution is 2.37. The molecular weight excluding hydrogens is 314 g/mol. The molecule has 0 spiro atoms. The second-order valence-electron chi connectivity index (χ2n) is 5.19. The van der Waals surface area contributed by atoms with Crippen LogP contribution in [0.3, 0.4) is 0 Å². The Hall–Kier alpha value is -1.79. The summed E-state index contributed by atoms with van der Waals surface area (Å²) in [5, 5.41) is 9.01. The molecule has 0 amide bonds. The van der Waals surface area contributed by atoms with Gasteiger partial charge >= 0.3 is 0 Å². The van der Waals surface area contributed by atoms with E-state index in [-0.39, 0.29) is 6.10 Å². The van der Waals surface area contributed by atoms with Crippen molar-refractivity contribution in [2.45, 2.75) is 25.9 Å². The Kier molecular flexibility index (Phi) is 3.50. The van der Waals surface area contributed by atoms with Crippen LogP contribution >= 0.6 is 15.9 Å². The average Bonchev–Trinajstić information content (AvgIpc) is 2.84. The number of nitriles is 1. The Balaban J connectivity index is 1.79. The lowest BCUT2D eigenvalue weighted by Crippen LogP contribution is -2.16. The second-order valence-corrected chi connectivity index (χ2v) is 6.05. The van der Waals surface area contributed by atoms with Crippen molar-refractivity contribution in [3.63, 3.8) is 0 Å². The first-order chi connectivity index (χ1) is 9.65. The van der Waals surface area contributed by atoms with Crippen LogP contribution in [0, 0.1) is 18.3 Å². The van der Waals surface area contributed by atoms with Gasteiger partial charge in [-0.15, -0.1) is 0 Å². The molecule has 1 aliphatic rings. The zero-order valence-corrected chi connectivity index (χ0v) is 12.8. The third-order valence-electron chi connectivity index (χ3n) is 3.57. The standard InChI is InChI=1S/C17H14BrNO/c1-11-2-4-12(5-3-11)7-15-9-14-6-13(10-19)8-16(18)17(14)20-15/h2-6,8,15H,7,9H2,1H3. The van der Waals surface area contributed by atoms with Gasteiger partial charge in [0.25, 0.3) is 0 Å². The van der Waals surface area contributed by atoms with Crippen LogP contribution in [0.1, 0.15) is 22.3 Å². The molecule has 0 aliphatic carbocycles. The molecule has 1 unspecified atom stereocenters. The van der Waals surface area contributed by atoms with E-state index in [2.05, 4.69) is 53.2 Å². The average molecular weight is 328 g/mol. The number of rotatable bonds is 2. The van der Waals surface area contributed by atoms with Crippen molar-refractivity contribution in [3.8, 4) is 11.8 Å². The SMILES string of the molecule is Cc1ccc(CC2Cc3cc(C#N)cc(Br)c3O2)cc1. The number of nitrogens with zero attached hydrogens (tertiary/aromatic N) is 1. The molecule has 3 rings (SSSR count). The molecule has 100 valence electrons. The molecule has 1 aliphatic heterocycles. The maximum absolute atomic E-state index is 9.01. The first kappa shape index (κ1) is 13.2. The van der Waals surface area contributed by atoms with E-state index in [1.54, 1.807) is 0 Å². The molecular formula is C17H14BrNO. The number of ether oxygens (including phenoxy) is 1. The number of hydrogen-bond donors (Lipinski definition) is 0. The fraction of sp³-hybridized carbons (Fsp3) is 0.235. The van der Waals surface area contributed by atoms with Gasteiger partial charge in [0.15, 0.2) is 0 Å². The normalized spacial score (nSPS) is 16.4. The van der Waals surface area contributed by atoms with Gasteiger partial charge < -0.3 is 4.74 Å². The van der Waals surface area contributed by atoms with Crippen molar-refractivity contribution < 1.29 is 4.74 Å². The van der Waals surface area contributed by atoms with Crippen LogP contribution in [0.4, 0.5) is 0 Å². The van der Waals surface area contributed by atoms with E-state index in [1.165, 1.54) is 11.1 Å². The summed E-state index contributed by atoms with van der Waals surface area (Å²) < 4.78 is 6.89. The van der Waals surface area contributed by atoms with Crippen molar-refractivity contribution in [2.75, 3.05) is 0 Å². The van der Waals surface area contributed by atoms with Crippen LogP contribution in [-0.2, 0) is 12.8 Å². The summed E-state index contributed by atoms with van der Waals surface area (Å²) >= 11 is 3.49. The molecule has 3 heteroatoms. The van der Waals surface area contributed by atoms with Crippen molar-refractivity contribution in [3.05, 3.63) is 63.1 Å². The van der Waals surface area contributed by atoms with Gasteiger partial charge in [-0.3, -0.25) is 0 Å². The Morgan fingerprint density at radius 1 is 1.30 bits per heavy atom. The molecule has 0 radical (unpaired) electrons. The molecule has 2 aromatic rings. The molecule has 0 fully saturated rings. The molecule has 0 saturated heterocycles. The number of aryl methyl sites for hydroxylation is 1. The number of hydrogen-bond acceptors (Lipinski definition) is 2. The minimum absolute atomic E-state index is 0.151. The van der Waals surface area contributed by atoms with Gasteiger partial charge in [0.05, 0.1) is 16.1 Å². The van der Waals surface area contributed by atoms with Gasteiger partial charge in [-0.1, -0.05) is 29.8 Å². The lowest BCUT2D eigenvalue weighted by molar-refractivity contribution is 0.232. The van der Waals surface area contributed by atoms with Gasteiger partial charge in [-0.05, 0) is 40.5 Å². The maximum Gasteiger partial charge on any atom is 0.137 e. The van der Waals surface area contributed by atoms with E-state index in [0.717, 1.165) is 28.6 Å². The Labute approximate surface area is 127 Å². The summed E-state index contributed by atoms with van der Waals surface area (Å²) in [7, 11) is 0. The minimum atomic E-state index is 0.151. The summed E-state index contributed by atoms with van der Waals surface area (Å²) in [6.07, 6.45) is 1.90. The van der Waals surface area contributed by atoms with Crippen LogP contribution in [0.5, 0.6) is 5.75 Å².